The van der Waals surface area contributed by atoms with Crippen LogP contribution in [0.2, 0.25) is 0 Å². The first kappa shape index (κ1) is 14.1. The van der Waals surface area contributed by atoms with Gasteiger partial charge in [-0.1, -0.05) is 18.2 Å². The fraction of sp³-hybridized carbons (Fsp3) is 0.250. The second-order valence-corrected chi connectivity index (χ2v) is 4.49. The van der Waals surface area contributed by atoms with E-state index in [9.17, 15) is 5.11 Å². The number of benzene rings is 2. The van der Waals surface area contributed by atoms with Crippen molar-refractivity contribution in [2.75, 3.05) is 19.5 Å². The average Bonchev–Trinajstić information content (AvgIpc) is 2.48. The van der Waals surface area contributed by atoms with E-state index in [-0.39, 0.29) is 11.8 Å². The number of aromatic hydroxyl groups is 1. The third-order valence-corrected chi connectivity index (χ3v) is 3.18. The molecule has 0 aromatic heterocycles. The predicted molar refractivity (Wildman–Crippen MR) is 79.7 cm³/mol. The maximum atomic E-state index is 9.88. The number of nitrogens with one attached hydrogen (secondary N) is 1. The van der Waals surface area contributed by atoms with Crippen LogP contribution in [0.1, 0.15) is 18.5 Å². The zero-order valence-electron chi connectivity index (χ0n) is 11.9. The first-order chi connectivity index (χ1) is 9.65. The fourth-order valence-corrected chi connectivity index (χ4v) is 2.08. The Balaban J connectivity index is 2.23. The molecule has 1 unspecified atom stereocenters. The third kappa shape index (κ3) is 2.96. The standard InChI is InChI=1S/C16H19NO3/c1-11(13-6-4-5-7-15(13)18)17-14-9-8-12(19-2)10-16(14)20-3/h4-11,17-18H,1-3H3. The lowest BCUT2D eigenvalue weighted by Gasteiger charge is -2.19. The largest absolute Gasteiger partial charge is 0.508 e. The highest BCUT2D eigenvalue weighted by molar-refractivity contribution is 5.60. The van der Waals surface area contributed by atoms with Gasteiger partial charge in [0, 0.05) is 11.6 Å². The maximum Gasteiger partial charge on any atom is 0.145 e. The van der Waals surface area contributed by atoms with Crippen molar-refractivity contribution < 1.29 is 14.6 Å². The van der Waals surface area contributed by atoms with E-state index in [0.717, 1.165) is 17.0 Å². The molecule has 0 aliphatic rings. The number of hydrogen-bond donors (Lipinski definition) is 2. The van der Waals surface area contributed by atoms with E-state index in [2.05, 4.69) is 5.32 Å². The Hall–Kier alpha value is -2.36. The van der Waals surface area contributed by atoms with Crippen LogP contribution in [0.15, 0.2) is 42.5 Å². The summed E-state index contributed by atoms with van der Waals surface area (Å²) in [5.74, 6) is 1.72. The number of para-hydroxylation sites is 1. The van der Waals surface area contributed by atoms with Gasteiger partial charge in [0.05, 0.1) is 25.9 Å². The molecule has 0 aliphatic heterocycles. The van der Waals surface area contributed by atoms with Crippen molar-refractivity contribution in [3.8, 4) is 17.2 Å². The topological polar surface area (TPSA) is 50.7 Å². The summed E-state index contributed by atoms with van der Waals surface area (Å²) in [4.78, 5) is 0. The zero-order valence-corrected chi connectivity index (χ0v) is 11.9. The van der Waals surface area contributed by atoms with Gasteiger partial charge in [-0.3, -0.25) is 0 Å². The van der Waals surface area contributed by atoms with E-state index in [0.29, 0.717) is 5.75 Å². The van der Waals surface area contributed by atoms with Crippen LogP contribution in [0.4, 0.5) is 5.69 Å². The Bertz CT molecular complexity index is 584. The van der Waals surface area contributed by atoms with Crippen molar-refractivity contribution in [2.24, 2.45) is 0 Å². The second-order valence-electron chi connectivity index (χ2n) is 4.49. The zero-order chi connectivity index (χ0) is 14.5. The number of methoxy groups -OCH3 is 2. The molecule has 0 amide bonds. The number of phenolic OH excluding ortho intramolecular Hbond substituents is 1. The molecule has 0 fully saturated rings. The van der Waals surface area contributed by atoms with E-state index in [1.807, 2.05) is 37.3 Å². The van der Waals surface area contributed by atoms with Crippen LogP contribution in [-0.4, -0.2) is 19.3 Å². The van der Waals surface area contributed by atoms with Crippen molar-refractivity contribution >= 4 is 5.69 Å². The van der Waals surface area contributed by atoms with Crippen molar-refractivity contribution in [2.45, 2.75) is 13.0 Å². The Labute approximate surface area is 119 Å². The van der Waals surface area contributed by atoms with Crippen molar-refractivity contribution in [3.05, 3.63) is 48.0 Å². The Morgan fingerprint density at radius 2 is 1.80 bits per heavy atom. The molecule has 4 nitrogen and oxygen atoms in total. The summed E-state index contributed by atoms with van der Waals surface area (Å²) in [6, 6.07) is 12.8. The summed E-state index contributed by atoms with van der Waals surface area (Å²) in [5.41, 5.74) is 1.69. The Morgan fingerprint density at radius 1 is 1.05 bits per heavy atom. The summed E-state index contributed by atoms with van der Waals surface area (Å²) in [7, 11) is 3.23. The molecule has 0 saturated heterocycles. The van der Waals surface area contributed by atoms with Crippen molar-refractivity contribution in [1.82, 2.24) is 0 Å². The highest BCUT2D eigenvalue weighted by Gasteiger charge is 2.12. The molecule has 0 heterocycles. The lowest BCUT2D eigenvalue weighted by Crippen LogP contribution is -2.08. The van der Waals surface area contributed by atoms with E-state index in [1.54, 1.807) is 26.4 Å². The molecule has 0 aliphatic carbocycles. The number of anilines is 1. The Kier molecular flexibility index (Phi) is 4.35. The van der Waals surface area contributed by atoms with Gasteiger partial charge in [0.2, 0.25) is 0 Å². The van der Waals surface area contributed by atoms with Crippen molar-refractivity contribution in [3.63, 3.8) is 0 Å². The van der Waals surface area contributed by atoms with Gasteiger partial charge in [0.15, 0.2) is 0 Å². The molecule has 0 radical (unpaired) electrons. The van der Waals surface area contributed by atoms with Gasteiger partial charge in [0.25, 0.3) is 0 Å². The lowest BCUT2D eigenvalue weighted by molar-refractivity contribution is 0.395. The molecule has 2 rings (SSSR count). The minimum Gasteiger partial charge on any atom is -0.508 e. The minimum atomic E-state index is -0.0431. The first-order valence-corrected chi connectivity index (χ1v) is 6.42. The molecule has 2 N–H and O–H groups in total. The predicted octanol–water partition coefficient (Wildman–Crippen LogP) is 3.58. The number of hydrogen-bond acceptors (Lipinski definition) is 4. The molecule has 0 saturated carbocycles. The third-order valence-electron chi connectivity index (χ3n) is 3.18. The molecule has 2 aromatic carbocycles. The molecular weight excluding hydrogens is 254 g/mol. The van der Waals surface area contributed by atoms with Gasteiger partial charge in [-0.05, 0) is 25.1 Å². The highest BCUT2D eigenvalue weighted by Crippen LogP contribution is 2.33. The Morgan fingerprint density at radius 3 is 2.45 bits per heavy atom. The van der Waals surface area contributed by atoms with Crippen LogP contribution in [0.25, 0.3) is 0 Å². The monoisotopic (exact) mass is 273 g/mol. The number of phenols is 1. The molecule has 20 heavy (non-hydrogen) atoms. The summed E-state index contributed by atoms with van der Waals surface area (Å²) in [6.45, 7) is 1.98. The minimum absolute atomic E-state index is 0.0431. The van der Waals surface area contributed by atoms with Gasteiger partial charge in [-0.2, -0.15) is 0 Å². The summed E-state index contributed by atoms with van der Waals surface area (Å²) in [6.07, 6.45) is 0. The van der Waals surface area contributed by atoms with Crippen LogP contribution < -0.4 is 14.8 Å². The second kappa shape index (κ2) is 6.19. The summed E-state index contributed by atoms with van der Waals surface area (Å²) in [5, 5.41) is 13.2. The van der Waals surface area contributed by atoms with E-state index in [1.165, 1.54) is 0 Å². The quantitative estimate of drug-likeness (QED) is 0.874. The van der Waals surface area contributed by atoms with Crippen LogP contribution in [-0.2, 0) is 0 Å². The smallest absolute Gasteiger partial charge is 0.145 e. The van der Waals surface area contributed by atoms with Crippen LogP contribution in [0.5, 0.6) is 17.2 Å². The summed E-state index contributed by atoms with van der Waals surface area (Å²) < 4.78 is 10.5. The molecular formula is C16H19NO3. The lowest BCUT2D eigenvalue weighted by atomic mass is 10.1. The van der Waals surface area contributed by atoms with Gasteiger partial charge in [-0.15, -0.1) is 0 Å². The number of rotatable bonds is 5. The van der Waals surface area contributed by atoms with Gasteiger partial charge < -0.3 is 19.9 Å². The SMILES string of the molecule is COc1ccc(NC(C)c2ccccc2O)c(OC)c1. The van der Waals surface area contributed by atoms with Gasteiger partial charge >= 0.3 is 0 Å². The molecule has 106 valence electrons. The highest BCUT2D eigenvalue weighted by atomic mass is 16.5. The molecule has 1 atom stereocenters. The molecule has 4 heteroatoms. The van der Waals surface area contributed by atoms with E-state index < -0.39 is 0 Å². The first-order valence-electron chi connectivity index (χ1n) is 6.42. The molecule has 0 spiro atoms. The molecule has 2 aromatic rings. The van der Waals surface area contributed by atoms with Crippen LogP contribution in [0.3, 0.4) is 0 Å². The average molecular weight is 273 g/mol. The maximum absolute atomic E-state index is 9.88. The normalized spacial score (nSPS) is 11.8. The fourth-order valence-electron chi connectivity index (χ4n) is 2.08. The molecule has 0 bridgehead atoms. The van der Waals surface area contributed by atoms with Crippen molar-refractivity contribution in [1.29, 1.82) is 0 Å². The van der Waals surface area contributed by atoms with Crippen LogP contribution in [0, 0.1) is 0 Å². The van der Waals surface area contributed by atoms with E-state index >= 15 is 0 Å². The van der Waals surface area contributed by atoms with Gasteiger partial charge in [0.1, 0.15) is 17.2 Å². The number of ether oxygens (including phenoxy) is 2. The van der Waals surface area contributed by atoms with E-state index in [4.69, 9.17) is 9.47 Å². The van der Waals surface area contributed by atoms with Gasteiger partial charge in [-0.25, -0.2) is 0 Å². The summed E-state index contributed by atoms with van der Waals surface area (Å²) >= 11 is 0. The van der Waals surface area contributed by atoms with Crippen LogP contribution >= 0.6 is 0 Å².